The molecule has 8 nitrogen and oxygen atoms in total. The maximum Gasteiger partial charge on any atom is 0.329 e. The van der Waals surface area contributed by atoms with Crippen LogP contribution in [0.3, 0.4) is 0 Å². The fraction of sp³-hybridized carbons (Fsp3) is 0.346. The third-order valence-electron chi connectivity index (χ3n) is 6.61. The van der Waals surface area contributed by atoms with Gasteiger partial charge in [-0.2, -0.15) is 0 Å². The van der Waals surface area contributed by atoms with Gasteiger partial charge >= 0.3 is 6.03 Å². The summed E-state index contributed by atoms with van der Waals surface area (Å²) in [6, 6.07) is 12.2. The topological polar surface area (TPSA) is 91.0 Å². The van der Waals surface area contributed by atoms with Crippen molar-refractivity contribution in [3.8, 4) is 5.75 Å². The number of urea groups is 1. The van der Waals surface area contributed by atoms with Gasteiger partial charge in [-0.15, -0.1) is 0 Å². The quantitative estimate of drug-likeness (QED) is 0.519. The van der Waals surface area contributed by atoms with Gasteiger partial charge in [-0.25, -0.2) is 9.69 Å². The van der Waals surface area contributed by atoms with Crippen LogP contribution in [0.2, 0.25) is 0 Å². The fourth-order valence-electron chi connectivity index (χ4n) is 4.64. The normalized spacial score (nSPS) is 20.3. The van der Waals surface area contributed by atoms with E-state index in [1.807, 2.05) is 18.2 Å². The number of hydrogen-bond acceptors (Lipinski definition) is 5. The molecule has 1 unspecified atom stereocenters. The van der Waals surface area contributed by atoms with Crippen LogP contribution in [-0.2, 0) is 9.59 Å². The van der Waals surface area contributed by atoms with Crippen molar-refractivity contribution in [1.29, 1.82) is 0 Å². The van der Waals surface area contributed by atoms with Crippen molar-refractivity contribution in [3.63, 3.8) is 0 Å². The summed E-state index contributed by atoms with van der Waals surface area (Å²) < 4.78 is 5.62. The molecule has 1 fully saturated rings. The summed E-state index contributed by atoms with van der Waals surface area (Å²) in [5, 5.41) is 5.27. The summed E-state index contributed by atoms with van der Waals surface area (Å²) in [5.74, 6) is -0.0947. The van der Waals surface area contributed by atoms with Crippen molar-refractivity contribution in [2.75, 3.05) is 30.9 Å². The van der Waals surface area contributed by atoms with Crippen molar-refractivity contribution in [3.05, 3.63) is 59.3 Å². The second-order valence-electron chi connectivity index (χ2n) is 9.42. The standard InChI is InChI=1S/C26H30N4O4/c1-16-14-26(2,3)29(4)21-13-22(34-5)17(11-19(16)21)12-20-24(32)30(25(33)28-20)15-23(31)27-18-9-7-6-8-10-18/h6-13,16H,14-15H2,1-5H3,(H,27,31)(H,28,33)/b20-12+. The highest BCUT2D eigenvalue weighted by atomic mass is 16.5. The molecule has 0 aliphatic carbocycles. The van der Waals surface area contributed by atoms with Gasteiger partial charge in [0, 0.05) is 35.6 Å². The number of para-hydroxylation sites is 1. The van der Waals surface area contributed by atoms with Gasteiger partial charge < -0.3 is 20.3 Å². The molecule has 0 saturated carbocycles. The van der Waals surface area contributed by atoms with Gasteiger partial charge in [-0.05, 0) is 56.0 Å². The molecule has 2 N–H and O–H groups in total. The first-order valence-corrected chi connectivity index (χ1v) is 11.3. The molecule has 0 radical (unpaired) electrons. The minimum Gasteiger partial charge on any atom is -0.496 e. The summed E-state index contributed by atoms with van der Waals surface area (Å²) in [7, 11) is 3.65. The molecule has 1 atom stereocenters. The predicted octanol–water partition coefficient (Wildman–Crippen LogP) is 3.95. The van der Waals surface area contributed by atoms with Gasteiger partial charge in [0.05, 0.1) is 7.11 Å². The molecule has 8 heteroatoms. The van der Waals surface area contributed by atoms with Crippen molar-refractivity contribution in [2.45, 2.75) is 38.6 Å². The molecule has 0 aromatic heterocycles. The molecule has 178 valence electrons. The van der Waals surface area contributed by atoms with Crippen molar-refractivity contribution >= 4 is 35.3 Å². The van der Waals surface area contributed by atoms with E-state index in [2.05, 4.69) is 43.4 Å². The van der Waals surface area contributed by atoms with Gasteiger partial charge in [-0.1, -0.05) is 25.1 Å². The third-order valence-corrected chi connectivity index (χ3v) is 6.61. The Morgan fingerprint density at radius 1 is 1.24 bits per heavy atom. The maximum absolute atomic E-state index is 12.9. The molecule has 0 spiro atoms. The first kappa shape index (κ1) is 23.4. The molecular weight excluding hydrogens is 432 g/mol. The van der Waals surface area contributed by atoms with E-state index in [-0.39, 0.29) is 17.8 Å². The van der Waals surface area contributed by atoms with Gasteiger partial charge in [0.2, 0.25) is 5.91 Å². The molecule has 2 aromatic rings. The van der Waals surface area contributed by atoms with E-state index in [0.29, 0.717) is 22.9 Å². The van der Waals surface area contributed by atoms with Crippen LogP contribution >= 0.6 is 0 Å². The summed E-state index contributed by atoms with van der Waals surface area (Å²) >= 11 is 0. The maximum atomic E-state index is 12.9. The Hall–Kier alpha value is -3.81. The Balaban J connectivity index is 1.58. The molecule has 2 aliphatic rings. The highest BCUT2D eigenvalue weighted by Crippen LogP contribution is 2.45. The van der Waals surface area contributed by atoms with Crippen LogP contribution in [0.15, 0.2) is 48.2 Å². The van der Waals surface area contributed by atoms with Gasteiger partial charge in [0.15, 0.2) is 0 Å². The Bertz CT molecular complexity index is 1170. The molecule has 4 rings (SSSR count). The zero-order valence-corrected chi connectivity index (χ0v) is 20.1. The second-order valence-corrected chi connectivity index (χ2v) is 9.42. The minimum absolute atomic E-state index is 0.00757. The lowest BCUT2D eigenvalue weighted by Gasteiger charge is -2.45. The molecule has 1 saturated heterocycles. The smallest absolute Gasteiger partial charge is 0.329 e. The number of fused-ring (bicyclic) bond motifs is 1. The SMILES string of the molecule is COc1cc2c(cc1/C=C1/NC(=O)N(CC(=O)Nc3ccccc3)C1=O)C(C)CC(C)(C)N2C. The molecule has 2 heterocycles. The number of anilines is 2. The third kappa shape index (κ3) is 4.35. The number of carbonyl (C=O) groups is 3. The van der Waals surface area contributed by atoms with E-state index in [1.54, 1.807) is 37.5 Å². The lowest BCUT2D eigenvalue weighted by atomic mass is 9.80. The number of amides is 4. The van der Waals surface area contributed by atoms with Crippen molar-refractivity contribution in [2.24, 2.45) is 0 Å². The van der Waals surface area contributed by atoms with Crippen LogP contribution < -0.4 is 20.3 Å². The second kappa shape index (κ2) is 8.85. The lowest BCUT2D eigenvalue weighted by Crippen LogP contribution is -2.45. The lowest BCUT2D eigenvalue weighted by molar-refractivity contribution is -0.127. The first-order chi connectivity index (χ1) is 16.1. The van der Waals surface area contributed by atoms with E-state index >= 15 is 0 Å². The molecule has 2 aliphatic heterocycles. The molecule has 0 bridgehead atoms. The Labute approximate surface area is 199 Å². The van der Waals surface area contributed by atoms with E-state index < -0.39 is 17.8 Å². The number of nitrogens with one attached hydrogen (secondary N) is 2. The fourth-order valence-corrected chi connectivity index (χ4v) is 4.64. The monoisotopic (exact) mass is 462 g/mol. The number of rotatable bonds is 5. The van der Waals surface area contributed by atoms with Gasteiger partial charge in [-0.3, -0.25) is 9.59 Å². The van der Waals surface area contributed by atoms with E-state index in [0.717, 1.165) is 22.6 Å². The average Bonchev–Trinajstić information content (AvgIpc) is 3.05. The molecule has 4 amide bonds. The van der Waals surface area contributed by atoms with Crippen LogP contribution in [-0.4, -0.2) is 49.0 Å². The zero-order chi connectivity index (χ0) is 24.6. The molecule has 2 aromatic carbocycles. The number of hydrogen-bond donors (Lipinski definition) is 2. The van der Waals surface area contributed by atoms with Crippen LogP contribution in [0.5, 0.6) is 5.75 Å². The number of imide groups is 1. The highest BCUT2D eigenvalue weighted by Gasteiger charge is 2.37. The predicted molar refractivity (Wildman–Crippen MR) is 132 cm³/mol. The minimum atomic E-state index is -0.633. The van der Waals surface area contributed by atoms with Crippen LogP contribution in [0.4, 0.5) is 16.2 Å². The summed E-state index contributed by atoms with van der Waals surface area (Å²) in [6.07, 6.45) is 2.60. The van der Waals surface area contributed by atoms with Crippen LogP contribution in [0.25, 0.3) is 6.08 Å². The number of ether oxygens (including phenoxy) is 1. The van der Waals surface area contributed by atoms with Crippen molar-refractivity contribution < 1.29 is 19.1 Å². The summed E-state index contributed by atoms with van der Waals surface area (Å²) in [6.45, 7) is 6.23. The number of benzene rings is 2. The zero-order valence-electron chi connectivity index (χ0n) is 20.1. The Morgan fingerprint density at radius 2 is 1.94 bits per heavy atom. The highest BCUT2D eigenvalue weighted by molar-refractivity contribution is 6.16. The van der Waals surface area contributed by atoms with Gasteiger partial charge in [0.25, 0.3) is 5.91 Å². The molecular formula is C26H30N4O4. The Morgan fingerprint density at radius 3 is 2.62 bits per heavy atom. The average molecular weight is 463 g/mol. The van der Waals surface area contributed by atoms with Crippen LogP contribution in [0.1, 0.15) is 44.2 Å². The first-order valence-electron chi connectivity index (χ1n) is 11.3. The van der Waals surface area contributed by atoms with E-state index in [1.165, 1.54) is 0 Å². The number of nitrogens with zero attached hydrogens (tertiary/aromatic N) is 2. The number of methoxy groups -OCH3 is 1. The Kier molecular flexibility index (Phi) is 6.08. The van der Waals surface area contributed by atoms with Crippen LogP contribution in [0, 0.1) is 0 Å². The van der Waals surface area contributed by atoms with Crippen molar-refractivity contribution in [1.82, 2.24) is 10.2 Å². The van der Waals surface area contributed by atoms with E-state index in [4.69, 9.17) is 4.74 Å². The van der Waals surface area contributed by atoms with Gasteiger partial charge in [0.1, 0.15) is 18.0 Å². The van der Waals surface area contributed by atoms with E-state index in [9.17, 15) is 14.4 Å². The summed E-state index contributed by atoms with van der Waals surface area (Å²) in [4.78, 5) is 40.9. The largest absolute Gasteiger partial charge is 0.496 e. The molecule has 34 heavy (non-hydrogen) atoms. The summed E-state index contributed by atoms with van der Waals surface area (Å²) in [5.41, 5.74) is 3.65. The number of carbonyl (C=O) groups excluding carboxylic acids is 3.